The molecule has 0 unspecified atom stereocenters. The lowest BCUT2D eigenvalue weighted by atomic mass is 10.2. The van der Waals surface area contributed by atoms with Gasteiger partial charge in [0.1, 0.15) is 5.82 Å². The number of nitrogens with one attached hydrogen (secondary N) is 2. The molecule has 0 aliphatic heterocycles. The maximum absolute atomic E-state index is 11.7. The molecule has 2 rings (SSSR count). The number of aromatic amines is 1. The maximum Gasteiger partial charge on any atom is 0.234 e. The molecule has 6 nitrogen and oxygen atoms in total. The second kappa shape index (κ2) is 6.02. The van der Waals surface area contributed by atoms with Crippen LogP contribution in [0.2, 0.25) is 0 Å². The number of benzene rings is 1. The number of aryl methyl sites for hydroxylation is 1. The Bertz CT molecular complexity index is 614. The van der Waals surface area contributed by atoms with Crippen molar-refractivity contribution in [3.8, 4) is 6.07 Å². The number of rotatable bonds is 4. The van der Waals surface area contributed by atoms with Crippen LogP contribution in [0.15, 0.2) is 29.4 Å². The molecule has 0 bridgehead atoms. The van der Waals surface area contributed by atoms with E-state index in [-0.39, 0.29) is 11.7 Å². The summed E-state index contributed by atoms with van der Waals surface area (Å²) in [7, 11) is 0. The van der Waals surface area contributed by atoms with Gasteiger partial charge in [0, 0.05) is 5.69 Å². The zero-order valence-corrected chi connectivity index (χ0v) is 11.0. The van der Waals surface area contributed by atoms with Crippen molar-refractivity contribution in [2.75, 3.05) is 11.1 Å². The maximum atomic E-state index is 11.7. The lowest BCUT2D eigenvalue weighted by Crippen LogP contribution is -2.14. The van der Waals surface area contributed by atoms with Crippen LogP contribution in [0, 0.1) is 18.3 Å². The second-order valence-electron chi connectivity index (χ2n) is 3.73. The summed E-state index contributed by atoms with van der Waals surface area (Å²) in [5, 5.41) is 18.6. The highest BCUT2D eigenvalue weighted by Gasteiger charge is 2.06. The molecule has 0 atom stereocenters. The van der Waals surface area contributed by atoms with Crippen LogP contribution in [-0.4, -0.2) is 26.8 Å². The summed E-state index contributed by atoms with van der Waals surface area (Å²) in [5.74, 6) is 0.810. The Balaban J connectivity index is 1.85. The van der Waals surface area contributed by atoms with Crippen molar-refractivity contribution >= 4 is 23.4 Å². The molecule has 0 aliphatic rings. The number of carbonyl (C=O) groups excluding carboxylic acids is 1. The minimum Gasteiger partial charge on any atom is -0.325 e. The van der Waals surface area contributed by atoms with Crippen LogP contribution < -0.4 is 5.32 Å². The highest BCUT2D eigenvalue weighted by atomic mass is 32.2. The van der Waals surface area contributed by atoms with E-state index in [1.807, 2.05) is 6.07 Å². The number of nitriles is 1. The van der Waals surface area contributed by atoms with Gasteiger partial charge in [0.2, 0.25) is 11.1 Å². The summed E-state index contributed by atoms with van der Waals surface area (Å²) < 4.78 is 0. The van der Waals surface area contributed by atoms with Gasteiger partial charge < -0.3 is 5.32 Å². The predicted molar refractivity (Wildman–Crippen MR) is 71.6 cm³/mol. The molecule has 1 amide bonds. The van der Waals surface area contributed by atoms with Crippen molar-refractivity contribution in [1.29, 1.82) is 5.26 Å². The standard InChI is InChI=1S/C12H11N5OS/c1-8-14-12(17-16-8)19-7-11(18)15-10-4-2-9(6-13)3-5-10/h2-5H,7H2,1H3,(H,15,18)(H,14,16,17). The topological polar surface area (TPSA) is 94.5 Å². The molecule has 2 N–H and O–H groups in total. The second-order valence-corrected chi connectivity index (χ2v) is 4.67. The minimum absolute atomic E-state index is 0.142. The summed E-state index contributed by atoms with van der Waals surface area (Å²) in [6.45, 7) is 1.80. The quantitative estimate of drug-likeness (QED) is 0.827. The third-order valence-electron chi connectivity index (χ3n) is 2.21. The summed E-state index contributed by atoms with van der Waals surface area (Å²) >= 11 is 1.26. The van der Waals surface area contributed by atoms with Crippen LogP contribution in [0.4, 0.5) is 5.69 Å². The van der Waals surface area contributed by atoms with Gasteiger partial charge in [-0.1, -0.05) is 11.8 Å². The highest BCUT2D eigenvalue weighted by molar-refractivity contribution is 7.99. The minimum atomic E-state index is -0.142. The van der Waals surface area contributed by atoms with Gasteiger partial charge in [0.25, 0.3) is 0 Å². The molecule has 0 fully saturated rings. The molecule has 96 valence electrons. The summed E-state index contributed by atoms with van der Waals surface area (Å²) in [4.78, 5) is 15.8. The number of nitrogens with zero attached hydrogens (tertiary/aromatic N) is 3. The van der Waals surface area contributed by atoms with Gasteiger partial charge in [0.05, 0.1) is 17.4 Å². The smallest absolute Gasteiger partial charge is 0.234 e. The molecule has 19 heavy (non-hydrogen) atoms. The average Bonchev–Trinajstić information content (AvgIpc) is 2.83. The molecule has 1 aromatic heterocycles. The first-order valence-electron chi connectivity index (χ1n) is 5.49. The van der Waals surface area contributed by atoms with Crippen molar-refractivity contribution in [2.45, 2.75) is 12.1 Å². The van der Waals surface area contributed by atoms with Crippen LogP contribution in [0.5, 0.6) is 0 Å². The third kappa shape index (κ3) is 3.82. The molecular formula is C12H11N5OS. The molecule has 0 spiro atoms. The van der Waals surface area contributed by atoms with Gasteiger partial charge in [-0.3, -0.25) is 9.89 Å². The van der Waals surface area contributed by atoms with Gasteiger partial charge in [-0.05, 0) is 31.2 Å². The first-order chi connectivity index (χ1) is 9.17. The fourth-order valence-electron chi connectivity index (χ4n) is 1.34. The van der Waals surface area contributed by atoms with Crippen LogP contribution in [-0.2, 0) is 4.79 Å². The van der Waals surface area contributed by atoms with Crippen molar-refractivity contribution in [1.82, 2.24) is 15.2 Å². The van der Waals surface area contributed by atoms with E-state index in [1.54, 1.807) is 31.2 Å². The van der Waals surface area contributed by atoms with E-state index in [1.165, 1.54) is 11.8 Å². The van der Waals surface area contributed by atoms with E-state index in [0.29, 0.717) is 16.4 Å². The van der Waals surface area contributed by atoms with Crippen molar-refractivity contribution in [2.24, 2.45) is 0 Å². The van der Waals surface area contributed by atoms with E-state index >= 15 is 0 Å². The number of anilines is 1. The Morgan fingerprint density at radius 3 is 2.79 bits per heavy atom. The van der Waals surface area contributed by atoms with E-state index < -0.39 is 0 Å². The molecule has 0 aliphatic carbocycles. The van der Waals surface area contributed by atoms with Gasteiger partial charge in [-0.25, -0.2) is 4.98 Å². The number of hydrogen-bond donors (Lipinski definition) is 2. The largest absolute Gasteiger partial charge is 0.325 e. The molecule has 7 heteroatoms. The number of thioether (sulfide) groups is 1. The van der Waals surface area contributed by atoms with Crippen molar-refractivity contribution in [3.05, 3.63) is 35.7 Å². The van der Waals surface area contributed by atoms with Gasteiger partial charge in [-0.15, -0.1) is 5.10 Å². The Kier molecular flexibility index (Phi) is 4.15. The van der Waals surface area contributed by atoms with E-state index in [4.69, 9.17) is 5.26 Å². The molecular weight excluding hydrogens is 262 g/mol. The first-order valence-corrected chi connectivity index (χ1v) is 6.48. The van der Waals surface area contributed by atoms with Crippen LogP contribution in [0.25, 0.3) is 0 Å². The fourth-order valence-corrected chi connectivity index (χ4v) is 1.99. The summed E-state index contributed by atoms with van der Waals surface area (Å²) in [5.41, 5.74) is 1.22. The van der Waals surface area contributed by atoms with E-state index in [2.05, 4.69) is 20.5 Å². The molecule has 0 radical (unpaired) electrons. The van der Waals surface area contributed by atoms with E-state index in [0.717, 1.165) is 5.82 Å². The number of aromatic nitrogens is 3. The molecule has 2 aromatic rings. The lowest BCUT2D eigenvalue weighted by molar-refractivity contribution is -0.113. The van der Waals surface area contributed by atoms with Gasteiger partial charge >= 0.3 is 0 Å². The van der Waals surface area contributed by atoms with Gasteiger partial charge in [0.15, 0.2) is 0 Å². The third-order valence-corrected chi connectivity index (χ3v) is 3.05. The van der Waals surface area contributed by atoms with Gasteiger partial charge in [-0.2, -0.15) is 5.26 Å². The van der Waals surface area contributed by atoms with Crippen LogP contribution in [0.3, 0.4) is 0 Å². The van der Waals surface area contributed by atoms with Crippen molar-refractivity contribution < 1.29 is 4.79 Å². The molecule has 0 saturated carbocycles. The Hall–Kier alpha value is -2.33. The monoisotopic (exact) mass is 273 g/mol. The molecule has 1 aromatic carbocycles. The Morgan fingerprint density at radius 2 is 2.21 bits per heavy atom. The predicted octanol–water partition coefficient (Wildman–Crippen LogP) is 1.72. The first kappa shape index (κ1) is 13.1. The zero-order chi connectivity index (χ0) is 13.7. The van der Waals surface area contributed by atoms with E-state index in [9.17, 15) is 4.79 Å². The SMILES string of the molecule is Cc1nc(SCC(=O)Nc2ccc(C#N)cc2)n[nH]1. The summed E-state index contributed by atoms with van der Waals surface area (Å²) in [6, 6.07) is 8.71. The normalized spacial score (nSPS) is 9.89. The van der Waals surface area contributed by atoms with Crippen LogP contribution in [0.1, 0.15) is 11.4 Å². The molecule has 0 saturated heterocycles. The van der Waals surface area contributed by atoms with Crippen molar-refractivity contribution in [3.63, 3.8) is 0 Å². The fraction of sp³-hybridized carbons (Fsp3) is 0.167. The Morgan fingerprint density at radius 1 is 1.47 bits per heavy atom. The summed E-state index contributed by atoms with van der Waals surface area (Å²) in [6.07, 6.45) is 0. The average molecular weight is 273 g/mol. The number of carbonyl (C=O) groups is 1. The highest BCUT2D eigenvalue weighted by Crippen LogP contribution is 2.13. The number of H-pyrrole nitrogens is 1. The van der Waals surface area contributed by atoms with Crippen LogP contribution >= 0.6 is 11.8 Å². The zero-order valence-electron chi connectivity index (χ0n) is 10.2. The molecule has 1 heterocycles. The Labute approximate surface area is 114 Å². The lowest BCUT2D eigenvalue weighted by Gasteiger charge is -2.03. The number of hydrogen-bond acceptors (Lipinski definition) is 5. The number of amides is 1.